The van der Waals surface area contributed by atoms with E-state index in [0.29, 0.717) is 5.13 Å². The largest absolute Gasteiger partial charge is 0.297 e. The fourth-order valence-corrected chi connectivity index (χ4v) is 3.06. The van der Waals surface area contributed by atoms with E-state index in [1.165, 1.54) is 17.4 Å². The predicted octanol–water partition coefficient (Wildman–Crippen LogP) is 4.62. The minimum atomic E-state index is -0.239. The number of hydrogen-bond acceptors (Lipinski definition) is 4. The maximum absolute atomic E-state index is 12.0. The Morgan fingerprint density at radius 1 is 1.04 bits per heavy atom. The van der Waals surface area contributed by atoms with Gasteiger partial charge in [-0.1, -0.05) is 75.8 Å². The summed E-state index contributed by atoms with van der Waals surface area (Å²) in [5.74, 6) is -0.239. The lowest BCUT2D eigenvalue weighted by atomic mass is 10.2. The van der Waals surface area contributed by atoms with Gasteiger partial charge in [-0.25, -0.2) is 0 Å². The van der Waals surface area contributed by atoms with Crippen LogP contribution in [0.3, 0.4) is 0 Å². The number of nitrogens with one attached hydrogen (secondary N) is 1. The number of anilines is 1. The van der Waals surface area contributed by atoms with E-state index in [4.69, 9.17) is 0 Å². The third-order valence-electron chi connectivity index (χ3n) is 3.00. The first-order valence-corrected chi connectivity index (χ1v) is 8.46. The molecule has 3 aromatic rings. The van der Waals surface area contributed by atoms with E-state index in [0.717, 1.165) is 20.6 Å². The highest BCUT2D eigenvalue weighted by molar-refractivity contribution is 9.10. The summed E-state index contributed by atoms with van der Waals surface area (Å²) >= 11 is 4.78. The Hall–Kier alpha value is -2.31. The van der Waals surface area contributed by atoms with E-state index in [1.54, 1.807) is 6.08 Å². The van der Waals surface area contributed by atoms with Crippen molar-refractivity contribution in [3.63, 3.8) is 0 Å². The van der Waals surface area contributed by atoms with Crippen molar-refractivity contribution < 1.29 is 4.79 Å². The molecule has 2 aromatic carbocycles. The summed E-state index contributed by atoms with van der Waals surface area (Å²) in [7, 11) is 0. The predicted molar refractivity (Wildman–Crippen MR) is 97.2 cm³/mol. The maximum Gasteiger partial charge on any atom is 0.250 e. The van der Waals surface area contributed by atoms with Gasteiger partial charge in [0.15, 0.2) is 0 Å². The van der Waals surface area contributed by atoms with Crippen molar-refractivity contribution in [3.05, 3.63) is 70.7 Å². The van der Waals surface area contributed by atoms with Crippen LogP contribution in [0.15, 0.2) is 65.1 Å². The first-order valence-electron chi connectivity index (χ1n) is 6.85. The molecule has 23 heavy (non-hydrogen) atoms. The Balaban J connectivity index is 1.67. The van der Waals surface area contributed by atoms with E-state index >= 15 is 0 Å². The van der Waals surface area contributed by atoms with Crippen molar-refractivity contribution in [2.45, 2.75) is 0 Å². The monoisotopic (exact) mass is 385 g/mol. The molecule has 0 fully saturated rings. The summed E-state index contributed by atoms with van der Waals surface area (Å²) in [6.07, 6.45) is 3.22. The molecule has 4 nitrogen and oxygen atoms in total. The van der Waals surface area contributed by atoms with Crippen molar-refractivity contribution in [1.29, 1.82) is 0 Å². The van der Waals surface area contributed by atoms with Crippen molar-refractivity contribution in [2.24, 2.45) is 0 Å². The van der Waals surface area contributed by atoms with Crippen LogP contribution in [0.2, 0.25) is 0 Å². The molecule has 6 heteroatoms. The van der Waals surface area contributed by atoms with Gasteiger partial charge in [0.25, 0.3) is 0 Å². The van der Waals surface area contributed by atoms with Gasteiger partial charge in [0.2, 0.25) is 11.0 Å². The number of hydrogen-bond donors (Lipinski definition) is 1. The number of halogens is 1. The Morgan fingerprint density at radius 3 is 2.57 bits per heavy atom. The Kier molecular flexibility index (Phi) is 4.95. The van der Waals surface area contributed by atoms with Crippen LogP contribution in [0.1, 0.15) is 5.56 Å². The molecule has 3 rings (SSSR count). The molecule has 0 aliphatic carbocycles. The summed E-state index contributed by atoms with van der Waals surface area (Å²) in [5, 5.41) is 12.1. The third kappa shape index (κ3) is 4.12. The van der Waals surface area contributed by atoms with Crippen molar-refractivity contribution in [1.82, 2.24) is 10.2 Å². The Morgan fingerprint density at radius 2 is 1.78 bits per heavy atom. The lowest BCUT2D eigenvalue weighted by molar-refractivity contribution is -0.111. The van der Waals surface area contributed by atoms with E-state index in [2.05, 4.69) is 31.4 Å². The number of amides is 1. The minimum absolute atomic E-state index is 0.239. The van der Waals surface area contributed by atoms with Crippen LogP contribution in [0.5, 0.6) is 0 Å². The Labute approximate surface area is 146 Å². The smallest absolute Gasteiger partial charge is 0.250 e. The summed E-state index contributed by atoms with van der Waals surface area (Å²) in [4.78, 5) is 12.0. The molecule has 0 bridgehead atoms. The SMILES string of the molecule is O=C(/C=C/c1ccccc1Br)Nc1nnc(-c2ccccc2)s1. The molecular weight excluding hydrogens is 374 g/mol. The number of benzene rings is 2. The van der Waals surface area contributed by atoms with E-state index in [9.17, 15) is 4.79 Å². The topological polar surface area (TPSA) is 54.9 Å². The van der Waals surface area contributed by atoms with Gasteiger partial charge >= 0.3 is 0 Å². The number of aromatic nitrogens is 2. The average Bonchev–Trinajstić information content (AvgIpc) is 3.03. The highest BCUT2D eigenvalue weighted by Gasteiger charge is 2.07. The summed E-state index contributed by atoms with van der Waals surface area (Å²) < 4.78 is 0.936. The van der Waals surface area contributed by atoms with Gasteiger partial charge in [-0.3, -0.25) is 10.1 Å². The number of rotatable bonds is 4. The van der Waals surface area contributed by atoms with Crippen LogP contribution in [-0.4, -0.2) is 16.1 Å². The first kappa shape index (κ1) is 15.6. The summed E-state index contributed by atoms with van der Waals surface area (Å²) in [5.41, 5.74) is 1.92. The van der Waals surface area contributed by atoms with Gasteiger partial charge < -0.3 is 0 Å². The second-order valence-corrected chi connectivity index (χ2v) is 6.45. The second kappa shape index (κ2) is 7.30. The Bertz CT molecular complexity index is 846. The zero-order chi connectivity index (χ0) is 16.1. The van der Waals surface area contributed by atoms with Gasteiger partial charge in [0, 0.05) is 16.1 Å². The normalized spacial score (nSPS) is 10.8. The average molecular weight is 386 g/mol. The van der Waals surface area contributed by atoms with Crippen LogP contribution in [0, 0.1) is 0 Å². The van der Waals surface area contributed by atoms with Crippen LogP contribution in [-0.2, 0) is 4.79 Å². The van der Waals surface area contributed by atoms with Gasteiger partial charge in [0.1, 0.15) is 5.01 Å². The second-order valence-electron chi connectivity index (χ2n) is 4.62. The number of nitrogens with zero attached hydrogens (tertiary/aromatic N) is 2. The van der Waals surface area contributed by atoms with Crippen LogP contribution in [0.25, 0.3) is 16.6 Å². The van der Waals surface area contributed by atoms with Crippen molar-refractivity contribution >= 4 is 44.4 Å². The maximum atomic E-state index is 12.0. The highest BCUT2D eigenvalue weighted by atomic mass is 79.9. The molecule has 0 saturated heterocycles. The van der Waals surface area contributed by atoms with Crippen LogP contribution >= 0.6 is 27.3 Å². The minimum Gasteiger partial charge on any atom is -0.297 e. The molecule has 0 aliphatic heterocycles. The van der Waals surface area contributed by atoms with E-state index in [1.807, 2.05) is 54.6 Å². The molecule has 1 aromatic heterocycles. The van der Waals surface area contributed by atoms with E-state index < -0.39 is 0 Å². The zero-order valence-corrected chi connectivity index (χ0v) is 14.3. The molecular formula is C17H12BrN3OS. The van der Waals surface area contributed by atoms with Crippen molar-refractivity contribution in [2.75, 3.05) is 5.32 Å². The first-order chi connectivity index (χ1) is 11.2. The van der Waals surface area contributed by atoms with Crippen molar-refractivity contribution in [3.8, 4) is 10.6 Å². The summed E-state index contributed by atoms with van der Waals surface area (Å²) in [6, 6.07) is 17.4. The molecule has 1 N–H and O–H groups in total. The quantitative estimate of drug-likeness (QED) is 0.666. The summed E-state index contributed by atoms with van der Waals surface area (Å²) in [6.45, 7) is 0. The fraction of sp³-hybridized carbons (Fsp3) is 0. The van der Waals surface area contributed by atoms with Crippen LogP contribution < -0.4 is 5.32 Å². The van der Waals surface area contributed by atoms with E-state index in [-0.39, 0.29) is 5.91 Å². The molecule has 0 aliphatic rings. The standard InChI is InChI=1S/C17H12BrN3OS/c18-14-9-5-4-6-12(14)10-11-15(22)19-17-21-20-16(23-17)13-7-2-1-3-8-13/h1-11H,(H,19,21,22)/b11-10+. The fourth-order valence-electron chi connectivity index (χ4n) is 1.89. The molecule has 1 amide bonds. The molecule has 0 unspecified atom stereocenters. The number of carbonyl (C=O) groups is 1. The molecule has 1 heterocycles. The van der Waals surface area contributed by atoms with Crippen LogP contribution in [0.4, 0.5) is 5.13 Å². The third-order valence-corrected chi connectivity index (χ3v) is 4.61. The molecule has 0 atom stereocenters. The lowest BCUT2D eigenvalue weighted by Crippen LogP contribution is -2.07. The molecule has 0 radical (unpaired) electrons. The lowest BCUT2D eigenvalue weighted by Gasteiger charge is -1.97. The zero-order valence-electron chi connectivity index (χ0n) is 11.9. The van der Waals surface area contributed by atoms with Gasteiger partial charge in [0.05, 0.1) is 0 Å². The molecule has 0 saturated carbocycles. The molecule has 0 spiro atoms. The van der Waals surface area contributed by atoms with Gasteiger partial charge in [-0.15, -0.1) is 10.2 Å². The number of carbonyl (C=O) groups excluding carboxylic acids is 1. The van der Waals surface area contributed by atoms with Gasteiger partial charge in [-0.2, -0.15) is 0 Å². The van der Waals surface area contributed by atoms with Gasteiger partial charge in [-0.05, 0) is 17.7 Å². The molecule has 114 valence electrons. The highest BCUT2D eigenvalue weighted by Crippen LogP contribution is 2.25.